The number of aromatic nitrogens is 5. The molecule has 0 aliphatic rings. The molecule has 0 spiro atoms. The summed E-state index contributed by atoms with van der Waals surface area (Å²) in [7, 11) is 0. The van der Waals surface area contributed by atoms with Gasteiger partial charge in [0, 0.05) is 23.3 Å². The average molecular weight is 501 g/mol. The molecular formula is C25H21ClN8S. The molecule has 5 aromatic rings. The fourth-order valence-electron chi connectivity index (χ4n) is 4.00. The number of rotatable bonds is 7. The van der Waals surface area contributed by atoms with Gasteiger partial charge in [-0.15, -0.1) is 11.3 Å². The second-order valence-electron chi connectivity index (χ2n) is 8.06. The number of pyridine rings is 1. The van der Waals surface area contributed by atoms with E-state index in [9.17, 15) is 5.26 Å². The van der Waals surface area contributed by atoms with Gasteiger partial charge < -0.3 is 10.6 Å². The third-order valence-electron chi connectivity index (χ3n) is 5.79. The summed E-state index contributed by atoms with van der Waals surface area (Å²) in [6.07, 6.45) is 3.24. The van der Waals surface area contributed by atoms with Crippen LogP contribution in [-0.2, 0) is 0 Å². The molecule has 35 heavy (non-hydrogen) atoms. The predicted molar refractivity (Wildman–Crippen MR) is 139 cm³/mol. The number of aryl methyl sites for hydroxylation is 1. The first-order valence-electron chi connectivity index (χ1n) is 10.9. The van der Waals surface area contributed by atoms with E-state index in [1.165, 1.54) is 0 Å². The molecule has 10 heteroatoms. The summed E-state index contributed by atoms with van der Waals surface area (Å²) >= 11 is 8.23. The minimum atomic E-state index is -0.276. The molecule has 174 valence electrons. The lowest BCUT2D eigenvalue weighted by molar-refractivity contribution is 0.855. The van der Waals surface area contributed by atoms with Crippen molar-refractivity contribution in [3.05, 3.63) is 92.8 Å². The highest BCUT2D eigenvalue weighted by molar-refractivity contribution is 7.09. The Morgan fingerprint density at radius 1 is 1.11 bits per heavy atom. The lowest BCUT2D eigenvalue weighted by Gasteiger charge is -2.21. The van der Waals surface area contributed by atoms with Crippen LogP contribution in [0.5, 0.6) is 0 Å². The first kappa shape index (κ1) is 22.8. The van der Waals surface area contributed by atoms with E-state index in [-0.39, 0.29) is 12.1 Å². The van der Waals surface area contributed by atoms with E-state index in [2.05, 4.69) is 49.0 Å². The van der Waals surface area contributed by atoms with Crippen LogP contribution in [0.1, 0.15) is 46.4 Å². The van der Waals surface area contributed by atoms with Crippen LogP contribution >= 0.6 is 22.9 Å². The number of H-pyrrole nitrogens is 1. The quantitative estimate of drug-likeness (QED) is 0.250. The molecular weight excluding hydrogens is 480 g/mol. The number of nitrogens with one attached hydrogen (secondary N) is 3. The lowest BCUT2D eigenvalue weighted by atomic mass is 10.0. The van der Waals surface area contributed by atoms with Crippen LogP contribution in [0.4, 0.5) is 11.4 Å². The number of nitrogens with zero attached hydrogens (tertiary/aromatic N) is 5. The Morgan fingerprint density at radius 2 is 1.94 bits per heavy atom. The number of hydrogen-bond acceptors (Lipinski definition) is 8. The maximum Gasteiger partial charge on any atom is 0.110 e. The molecule has 2 aromatic carbocycles. The van der Waals surface area contributed by atoms with Crippen molar-refractivity contribution in [1.82, 2.24) is 25.4 Å². The zero-order valence-electron chi connectivity index (χ0n) is 19.0. The Bertz CT molecular complexity index is 1510. The topological polar surface area (TPSA) is 115 Å². The molecule has 0 saturated heterocycles. The van der Waals surface area contributed by atoms with Gasteiger partial charge in [-0.25, -0.2) is 4.98 Å². The van der Waals surface area contributed by atoms with Gasteiger partial charge in [-0.3, -0.25) is 4.98 Å². The second kappa shape index (κ2) is 9.70. The van der Waals surface area contributed by atoms with Gasteiger partial charge >= 0.3 is 0 Å². The van der Waals surface area contributed by atoms with Crippen LogP contribution in [0, 0.1) is 18.3 Å². The molecule has 0 aliphatic carbocycles. The zero-order valence-corrected chi connectivity index (χ0v) is 20.5. The van der Waals surface area contributed by atoms with E-state index in [4.69, 9.17) is 11.6 Å². The van der Waals surface area contributed by atoms with Crippen LogP contribution in [-0.4, -0.2) is 25.4 Å². The van der Waals surface area contributed by atoms with Crippen molar-refractivity contribution >= 4 is 45.2 Å². The molecule has 3 N–H and O–H groups in total. The zero-order chi connectivity index (χ0) is 24.4. The van der Waals surface area contributed by atoms with Crippen molar-refractivity contribution in [3.8, 4) is 6.07 Å². The maximum absolute atomic E-state index is 9.82. The third kappa shape index (κ3) is 4.54. The Labute approximate surface area is 211 Å². The van der Waals surface area contributed by atoms with Gasteiger partial charge in [0.2, 0.25) is 0 Å². The molecule has 0 amide bonds. The van der Waals surface area contributed by atoms with Gasteiger partial charge in [-0.1, -0.05) is 41.9 Å². The van der Waals surface area contributed by atoms with Crippen molar-refractivity contribution in [2.24, 2.45) is 0 Å². The molecule has 8 nitrogen and oxygen atoms in total. The Morgan fingerprint density at radius 3 is 2.63 bits per heavy atom. The summed E-state index contributed by atoms with van der Waals surface area (Å²) in [5, 5.41) is 29.0. The van der Waals surface area contributed by atoms with Crippen molar-refractivity contribution in [2.45, 2.75) is 25.9 Å². The van der Waals surface area contributed by atoms with Gasteiger partial charge in [0.05, 0.1) is 44.1 Å². The number of halogens is 1. The Balaban J connectivity index is 1.59. The van der Waals surface area contributed by atoms with Crippen molar-refractivity contribution in [3.63, 3.8) is 0 Å². The summed E-state index contributed by atoms with van der Waals surface area (Å²) in [4.78, 5) is 9.88. The third-order valence-corrected chi connectivity index (χ3v) is 7.07. The van der Waals surface area contributed by atoms with Crippen LogP contribution in [0.15, 0.2) is 60.4 Å². The molecule has 0 aliphatic heterocycles. The van der Waals surface area contributed by atoms with Crippen LogP contribution in [0.3, 0.4) is 0 Å². The lowest BCUT2D eigenvalue weighted by Crippen LogP contribution is -2.13. The van der Waals surface area contributed by atoms with E-state index < -0.39 is 0 Å². The number of benzene rings is 2. The maximum atomic E-state index is 9.82. The molecule has 3 aromatic heterocycles. The normalized spacial score (nSPS) is 12.7. The van der Waals surface area contributed by atoms with E-state index in [1.807, 2.05) is 54.9 Å². The van der Waals surface area contributed by atoms with Gasteiger partial charge in [0.1, 0.15) is 17.8 Å². The van der Waals surface area contributed by atoms with Crippen molar-refractivity contribution in [2.75, 3.05) is 10.6 Å². The molecule has 0 saturated carbocycles. The summed E-state index contributed by atoms with van der Waals surface area (Å²) in [6, 6.07) is 15.8. The Hall–Kier alpha value is -4.00. The first-order valence-corrected chi connectivity index (χ1v) is 12.2. The molecule has 2 unspecified atom stereocenters. The summed E-state index contributed by atoms with van der Waals surface area (Å²) in [5.41, 5.74) is 7.06. The number of thiazole rings is 1. The van der Waals surface area contributed by atoms with E-state index in [1.54, 1.807) is 23.7 Å². The van der Waals surface area contributed by atoms with Crippen molar-refractivity contribution < 1.29 is 0 Å². The fourth-order valence-corrected chi connectivity index (χ4v) is 5.13. The number of fused-ring (bicyclic) bond motifs is 1. The van der Waals surface area contributed by atoms with Crippen LogP contribution in [0.25, 0.3) is 10.9 Å². The summed E-state index contributed by atoms with van der Waals surface area (Å²) in [6.45, 7) is 4.02. The van der Waals surface area contributed by atoms with E-state index >= 15 is 0 Å². The van der Waals surface area contributed by atoms with E-state index in [0.717, 1.165) is 32.9 Å². The molecule has 5 rings (SSSR count). The predicted octanol–water partition coefficient (Wildman–Crippen LogP) is 6.02. The van der Waals surface area contributed by atoms with Gasteiger partial charge in [-0.05, 0) is 31.5 Å². The van der Waals surface area contributed by atoms with Gasteiger partial charge in [0.15, 0.2) is 0 Å². The minimum absolute atomic E-state index is 0.0352. The molecule has 0 fully saturated rings. The number of hydrogen-bond donors (Lipinski definition) is 3. The molecule has 2 atom stereocenters. The highest BCUT2D eigenvalue weighted by Crippen LogP contribution is 2.37. The highest BCUT2D eigenvalue weighted by Gasteiger charge is 2.22. The smallest absolute Gasteiger partial charge is 0.110 e. The fraction of sp³-hybridized carbons (Fsp3) is 0.160. The average Bonchev–Trinajstić information content (AvgIpc) is 3.56. The second-order valence-corrected chi connectivity index (χ2v) is 9.36. The summed E-state index contributed by atoms with van der Waals surface area (Å²) in [5.74, 6) is 0. The van der Waals surface area contributed by atoms with Gasteiger partial charge in [0.25, 0.3) is 0 Å². The number of aromatic amines is 1. The number of anilines is 2. The largest absolute Gasteiger partial charge is 0.377 e. The van der Waals surface area contributed by atoms with E-state index in [0.29, 0.717) is 21.8 Å². The highest BCUT2D eigenvalue weighted by atomic mass is 35.5. The first-order chi connectivity index (χ1) is 17.0. The molecule has 3 heterocycles. The minimum Gasteiger partial charge on any atom is -0.377 e. The number of nitriles is 1. The monoisotopic (exact) mass is 500 g/mol. The van der Waals surface area contributed by atoms with Crippen LogP contribution in [0.2, 0.25) is 5.02 Å². The molecule has 0 radical (unpaired) electrons. The standard InChI is InChI=1S/C25H21ClN8S/c1-14(16-6-4-3-5-7-16)31-22-17(10-27)11-28-23-19(22)8-18(9-20(23)26)32-24(21-12-30-34-33-21)25-15(2)29-13-35-25/h3-9,11-14,24,32H,1-2H3,(H,28,31)(H,30,33,34). The molecule has 0 bridgehead atoms. The summed E-state index contributed by atoms with van der Waals surface area (Å²) < 4.78 is 0. The SMILES string of the molecule is Cc1ncsc1C(Nc1cc(Cl)c2ncc(C#N)c(NC(C)c3ccccc3)c2c1)c1cn[nH]n1. The van der Waals surface area contributed by atoms with Crippen LogP contribution < -0.4 is 10.6 Å². The Kier molecular flexibility index (Phi) is 6.31. The van der Waals surface area contributed by atoms with Gasteiger partial charge in [-0.2, -0.15) is 20.7 Å². The van der Waals surface area contributed by atoms with Crippen molar-refractivity contribution in [1.29, 1.82) is 5.26 Å².